The molecule has 11 heteroatoms. The van der Waals surface area contributed by atoms with Gasteiger partial charge in [-0.2, -0.15) is 26.7 Å². The highest BCUT2D eigenvalue weighted by atomic mass is 79.9. The van der Waals surface area contributed by atoms with Gasteiger partial charge in [-0.3, -0.25) is 0 Å². The molecule has 2 aromatic carbocycles. The average molecular weight is 439 g/mol. The van der Waals surface area contributed by atoms with E-state index in [2.05, 4.69) is 25.2 Å². The topological polar surface area (TPSA) is 61.2 Å². The number of hydrogen-bond acceptors (Lipinski definition) is 4. The largest absolute Gasteiger partial charge is 0.534 e. The van der Waals surface area contributed by atoms with Crippen molar-refractivity contribution in [3.8, 4) is 11.4 Å². The molecule has 5 nitrogen and oxygen atoms in total. The van der Waals surface area contributed by atoms with Crippen molar-refractivity contribution in [2.75, 3.05) is 0 Å². The molecule has 0 amide bonds. The minimum Gasteiger partial charge on any atom is -0.373 e. The van der Waals surface area contributed by atoms with Crippen molar-refractivity contribution in [3.05, 3.63) is 52.9 Å². The van der Waals surface area contributed by atoms with Gasteiger partial charge in [0.15, 0.2) is 11.6 Å². The first-order valence-electron chi connectivity index (χ1n) is 6.52. The lowest BCUT2D eigenvalue weighted by Gasteiger charge is -2.09. The Morgan fingerprint density at radius 3 is 2.36 bits per heavy atom. The molecule has 0 fully saturated rings. The molecule has 132 valence electrons. The van der Waals surface area contributed by atoms with Crippen LogP contribution in [-0.4, -0.2) is 23.7 Å². The minimum atomic E-state index is -5.96. The lowest BCUT2D eigenvalue weighted by molar-refractivity contribution is -0.0500. The van der Waals surface area contributed by atoms with Crippen LogP contribution < -0.4 is 4.18 Å². The molecule has 0 saturated carbocycles. The third-order valence-electron chi connectivity index (χ3n) is 3.13. The van der Waals surface area contributed by atoms with Crippen molar-refractivity contribution < 1.29 is 30.2 Å². The minimum absolute atomic E-state index is 0.122. The van der Waals surface area contributed by atoms with Gasteiger partial charge >= 0.3 is 15.6 Å². The summed E-state index contributed by atoms with van der Waals surface area (Å²) in [6.45, 7) is 0. The van der Waals surface area contributed by atoms with Gasteiger partial charge in [-0.1, -0.05) is 15.9 Å². The van der Waals surface area contributed by atoms with Crippen molar-refractivity contribution in [2.24, 2.45) is 0 Å². The molecule has 25 heavy (non-hydrogen) atoms. The van der Waals surface area contributed by atoms with E-state index in [1.54, 1.807) is 24.3 Å². The maximum atomic E-state index is 13.9. The fourth-order valence-electron chi connectivity index (χ4n) is 1.98. The Labute approximate surface area is 147 Å². The van der Waals surface area contributed by atoms with Gasteiger partial charge < -0.3 is 4.18 Å². The zero-order valence-electron chi connectivity index (χ0n) is 12.0. The number of alkyl halides is 3. The summed E-state index contributed by atoms with van der Waals surface area (Å²) in [5, 5.41) is 4.30. The SMILES string of the molecule is O=S(=O)(Oc1cc2cn(-c3ccc(Br)cc3)nc2cc1F)C(F)(F)F. The third-order valence-corrected chi connectivity index (χ3v) is 4.63. The molecule has 0 spiro atoms. The summed E-state index contributed by atoms with van der Waals surface area (Å²) >= 11 is 3.27. The number of benzene rings is 2. The highest BCUT2D eigenvalue weighted by molar-refractivity contribution is 9.10. The first-order chi connectivity index (χ1) is 11.6. The summed E-state index contributed by atoms with van der Waals surface area (Å²) in [5.74, 6) is -2.33. The van der Waals surface area contributed by atoms with Crippen molar-refractivity contribution in [2.45, 2.75) is 5.51 Å². The average Bonchev–Trinajstić information content (AvgIpc) is 2.89. The van der Waals surface area contributed by atoms with Crippen LogP contribution in [0.25, 0.3) is 16.6 Å². The molecule has 0 saturated heterocycles. The smallest absolute Gasteiger partial charge is 0.373 e. The molecule has 0 atom stereocenters. The molecule has 0 radical (unpaired) electrons. The van der Waals surface area contributed by atoms with Crippen LogP contribution in [0.15, 0.2) is 47.1 Å². The van der Waals surface area contributed by atoms with Crippen molar-refractivity contribution in [1.82, 2.24) is 9.78 Å². The van der Waals surface area contributed by atoms with E-state index in [4.69, 9.17) is 0 Å². The second-order valence-corrected chi connectivity index (χ2v) is 7.33. The number of aromatic nitrogens is 2. The van der Waals surface area contributed by atoms with Crippen LogP contribution in [0.1, 0.15) is 0 Å². The zero-order valence-corrected chi connectivity index (χ0v) is 14.4. The monoisotopic (exact) mass is 438 g/mol. The van der Waals surface area contributed by atoms with Crippen LogP contribution >= 0.6 is 15.9 Å². The summed E-state index contributed by atoms with van der Waals surface area (Å²) in [4.78, 5) is 0. The van der Waals surface area contributed by atoms with E-state index in [0.717, 1.165) is 16.6 Å². The molecule has 0 aliphatic rings. The molecule has 1 aromatic heterocycles. The van der Waals surface area contributed by atoms with Crippen molar-refractivity contribution >= 4 is 37.0 Å². The second-order valence-electron chi connectivity index (χ2n) is 4.87. The number of nitrogens with zero attached hydrogens (tertiary/aromatic N) is 2. The summed E-state index contributed by atoms with van der Waals surface area (Å²) < 4.78 is 79.1. The van der Waals surface area contributed by atoms with E-state index < -0.39 is 27.2 Å². The molecular formula is C14H7BrF4N2O3S. The van der Waals surface area contributed by atoms with Gasteiger partial charge in [0.05, 0.1) is 11.2 Å². The maximum Gasteiger partial charge on any atom is 0.534 e. The number of halogens is 5. The molecule has 3 rings (SSSR count). The Morgan fingerprint density at radius 1 is 1.12 bits per heavy atom. The summed E-state index contributed by atoms with van der Waals surface area (Å²) in [6, 6.07) is 8.54. The Morgan fingerprint density at radius 2 is 1.76 bits per heavy atom. The molecule has 1 heterocycles. The van der Waals surface area contributed by atoms with Crippen LogP contribution in [0, 0.1) is 5.82 Å². The fourth-order valence-corrected chi connectivity index (χ4v) is 2.70. The maximum absolute atomic E-state index is 13.9. The van der Waals surface area contributed by atoms with E-state index in [1.807, 2.05) is 0 Å². The van der Waals surface area contributed by atoms with Gasteiger partial charge in [0.2, 0.25) is 0 Å². The molecule has 0 bridgehead atoms. The number of hydrogen-bond donors (Lipinski definition) is 0. The van der Waals surface area contributed by atoms with Gasteiger partial charge in [0.25, 0.3) is 0 Å². The predicted molar refractivity (Wildman–Crippen MR) is 84.3 cm³/mol. The molecule has 0 aliphatic carbocycles. The van der Waals surface area contributed by atoms with Crippen molar-refractivity contribution in [3.63, 3.8) is 0 Å². The van der Waals surface area contributed by atoms with Crippen molar-refractivity contribution in [1.29, 1.82) is 0 Å². The van der Waals surface area contributed by atoms with Crippen LogP contribution in [0.2, 0.25) is 0 Å². The highest BCUT2D eigenvalue weighted by Crippen LogP contribution is 2.31. The van der Waals surface area contributed by atoms with E-state index in [0.29, 0.717) is 5.69 Å². The van der Waals surface area contributed by atoms with Crippen LogP contribution in [-0.2, 0) is 10.1 Å². The van der Waals surface area contributed by atoms with E-state index in [9.17, 15) is 26.0 Å². The quantitative estimate of drug-likeness (QED) is 0.350. The standard InChI is InChI=1S/C14H7BrF4N2O3S/c15-9-1-3-10(4-2-9)21-7-8-5-13(11(16)6-12(8)20-21)24-25(22,23)14(17,18)19/h1-7H. The van der Waals surface area contributed by atoms with E-state index in [1.165, 1.54) is 10.9 Å². The normalized spacial score (nSPS) is 12.5. The van der Waals surface area contributed by atoms with Crippen LogP contribution in [0.4, 0.5) is 17.6 Å². The van der Waals surface area contributed by atoms with Crippen LogP contribution in [0.5, 0.6) is 5.75 Å². The fraction of sp³-hybridized carbons (Fsp3) is 0.0714. The number of rotatable bonds is 3. The van der Waals surface area contributed by atoms with E-state index >= 15 is 0 Å². The molecule has 0 aliphatic heterocycles. The zero-order chi connectivity index (χ0) is 18.4. The van der Waals surface area contributed by atoms with Gasteiger partial charge in [-0.25, -0.2) is 9.07 Å². The Bertz CT molecular complexity index is 1050. The third kappa shape index (κ3) is 3.47. The summed E-state index contributed by atoms with van der Waals surface area (Å²) in [6.07, 6.45) is 1.41. The lowest BCUT2D eigenvalue weighted by Crippen LogP contribution is -2.28. The predicted octanol–water partition coefficient (Wildman–Crippen LogP) is 4.16. The molecular weight excluding hydrogens is 432 g/mol. The number of fused-ring (bicyclic) bond motifs is 1. The Kier molecular flexibility index (Phi) is 4.23. The summed E-state index contributed by atoms with van der Waals surface area (Å²) in [7, 11) is -5.96. The Hall–Kier alpha value is -2.14. The molecule has 3 aromatic rings. The first-order valence-corrected chi connectivity index (χ1v) is 8.72. The molecule has 0 unspecified atom stereocenters. The first kappa shape index (κ1) is 17.7. The van der Waals surface area contributed by atoms with Gasteiger partial charge in [0, 0.05) is 22.1 Å². The van der Waals surface area contributed by atoms with Crippen LogP contribution in [0.3, 0.4) is 0 Å². The lowest BCUT2D eigenvalue weighted by atomic mass is 10.2. The van der Waals surface area contributed by atoms with E-state index in [-0.39, 0.29) is 10.9 Å². The van der Waals surface area contributed by atoms with Gasteiger partial charge in [-0.05, 0) is 30.3 Å². The molecule has 0 N–H and O–H groups in total. The van der Waals surface area contributed by atoms with Gasteiger partial charge in [0.1, 0.15) is 0 Å². The second kappa shape index (κ2) is 5.99. The highest BCUT2D eigenvalue weighted by Gasteiger charge is 2.49. The van der Waals surface area contributed by atoms with Gasteiger partial charge in [-0.15, -0.1) is 0 Å². The Balaban J connectivity index is 2.03. The summed E-state index contributed by atoms with van der Waals surface area (Å²) in [5.41, 5.74) is -4.92.